The third kappa shape index (κ3) is 6.29. The molecular weight excluding hydrogens is 371 g/mol. The molecule has 0 aliphatic rings. The van der Waals surface area contributed by atoms with Gasteiger partial charge in [0.05, 0.1) is 12.1 Å². The van der Waals surface area contributed by atoms with E-state index in [0.29, 0.717) is 13.0 Å². The molecule has 2 rings (SSSR count). The lowest BCUT2D eigenvalue weighted by Gasteiger charge is -2.16. The van der Waals surface area contributed by atoms with E-state index in [9.17, 15) is 22.8 Å². The Morgan fingerprint density at radius 3 is 2.43 bits per heavy atom. The normalized spacial score (nSPS) is 11.0. The lowest BCUT2D eigenvalue weighted by molar-refractivity contribution is -0.137. The maximum absolute atomic E-state index is 13.3. The monoisotopic (exact) mass is 393 g/mol. The summed E-state index contributed by atoms with van der Waals surface area (Å²) in [5.41, 5.74) is 1.07. The van der Waals surface area contributed by atoms with Crippen molar-refractivity contribution in [3.63, 3.8) is 0 Å². The number of halogens is 3. The van der Waals surface area contributed by atoms with Gasteiger partial charge in [0.1, 0.15) is 0 Å². The van der Waals surface area contributed by atoms with Gasteiger partial charge in [-0.25, -0.2) is 0 Å². The number of benzene rings is 2. The average molecular weight is 393 g/mol. The van der Waals surface area contributed by atoms with E-state index in [-0.39, 0.29) is 17.9 Å². The van der Waals surface area contributed by atoms with E-state index in [1.165, 1.54) is 19.1 Å². The summed E-state index contributed by atoms with van der Waals surface area (Å²) < 4.78 is 39.8. The van der Waals surface area contributed by atoms with Crippen LogP contribution in [0, 0.1) is 6.92 Å². The van der Waals surface area contributed by atoms with Crippen LogP contribution in [0.15, 0.2) is 42.5 Å². The fraction of sp³-hybridized carbons (Fsp3) is 0.300. The second kappa shape index (κ2) is 9.25. The van der Waals surface area contributed by atoms with Gasteiger partial charge in [0.2, 0.25) is 11.8 Å². The maximum Gasteiger partial charge on any atom is 0.418 e. The summed E-state index contributed by atoms with van der Waals surface area (Å²) in [5.74, 6) is -0.880. The van der Waals surface area contributed by atoms with E-state index in [2.05, 4.69) is 16.0 Å². The standard InChI is InChI=1S/C20H22F3N3O2/c1-13-5-3-4-6-15(13)9-10-24-19(28)12-25-18-8-7-16(26-14(2)27)11-17(18)20(21,22)23/h3-8,11,25H,9-10,12H2,1-2H3,(H,24,28)(H,26,27). The van der Waals surface area contributed by atoms with Crippen molar-refractivity contribution < 1.29 is 22.8 Å². The number of anilines is 2. The topological polar surface area (TPSA) is 70.2 Å². The van der Waals surface area contributed by atoms with E-state index in [4.69, 9.17) is 0 Å². The van der Waals surface area contributed by atoms with Crippen molar-refractivity contribution in [3.8, 4) is 0 Å². The summed E-state index contributed by atoms with van der Waals surface area (Å²) in [4.78, 5) is 23.0. The lowest BCUT2D eigenvalue weighted by Crippen LogP contribution is -2.32. The number of hydrogen-bond donors (Lipinski definition) is 3. The van der Waals surface area contributed by atoms with Crippen LogP contribution in [-0.2, 0) is 22.2 Å². The van der Waals surface area contributed by atoms with Crippen molar-refractivity contribution in [2.24, 2.45) is 0 Å². The molecule has 0 bridgehead atoms. The summed E-state index contributed by atoms with van der Waals surface area (Å²) >= 11 is 0. The number of rotatable bonds is 7. The SMILES string of the molecule is CC(=O)Nc1ccc(NCC(=O)NCCc2ccccc2C)c(C(F)(F)F)c1. The molecule has 0 radical (unpaired) electrons. The first-order valence-electron chi connectivity index (χ1n) is 8.70. The number of amides is 2. The molecule has 2 aromatic carbocycles. The van der Waals surface area contributed by atoms with E-state index >= 15 is 0 Å². The first-order valence-corrected chi connectivity index (χ1v) is 8.70. The minimum Gasteiger partial charge on any atom is -0.376 e. The highest BCUT2D eigenvalue weighted by atomic mass is 19.4. The Morgan fingerprint density at radius 1 is 1.07 bits per heavy atom. The molecule has 0 spiro atoms. The van der Waals surface area contributed by atoms with Gasteiger partial charge < -0.3 is 16.0 Å². The molecule has 0 atom stereocenters. The van der Waals surface area contributed by atoms with Gasteiger partial charge >= 0.3 is 6.18 Å². The van der Waals surface area contributed by atoms with Gasteiger partial charge in [0.15, 0.2) is 0 Å². The minimum atomic E-state index is -4.63. The number of alkyl halides is 3. The van der Waals surface area contributed by atoms with Gasteiger partial charge in [-0.3, -0.25) is 9.59 Å². The summed E-state index contributed by atoms with van der Waals surface area (Å²) in [6, 6.07) is 11.1. The predicted molar refractivity (Wildman–Crippen MR) is 102 cm³/mol. The second-order valence-electron chi connectivity index (χ2n) is 6.32. The van der Waals surface area contributed by atoms with Gasteiger partial charge in [-0.15, -0.1) is 0 Å². The Labute approximate surface area is 161 Å². The summed E-state index contributed by atoms with van der Waals surface area (Å²) in [6.45, 7) is 3.28. The van der Waals surface area contributed by atoms with Crippen LogP contribution in [0.3, 0.4) is 0 Å². The Hall–Kier alpha value is -3.03. The molecule has 0 saturated carbocycles. The number of aryl methyl sites for hydroxylation is 1. The van der Waals surface area contributed by atoms with Crippen molar-refractivity contribution in [1.82, 2.24) is 5.32 Å². The molecule has 150 valence electrons. The van der Waals surface area contributed by atoms with Crippen LogP contribution in [0.2, 0.25) is 0 Å². The first-order chi connectivity index (χ1) is 13.2. The molecule has 2 amide bonds. The van der Waals surface area contributed by atoms with Crippen LogP contribution in [0.4, 0.5) is 24.5 Å². The molecule has 5 nitrogen and oxygen atoms in total. The van der Waals surface area contributed by atoms with E-state index in [1.54, 1.807) is 0 Å². The molecule has 0 aliphatic carbocycles. The minimum absolute atomic E-state index is 0.0352. The predicted octanol–water partition coefficient (Wildman–Crippen LogP) is 3.74. The molecule has 28 heavy (non-hydrogen) atoms. The smallest absolute Gasteiger partial charge is 0.376 e. The van der Waals surface area contributed by atoms with Crippen molar-refractivity contribution in [3.05, 3.63) is 59.2 Å². The van der Waals surface area contributed by atoms with Crippen molar-refractivity contribution in [2.45, 2.75) is 26.4 Å². The highest BCUT2D eigenvalue weighted by Crippen LogP contribution is 2.36. The third-order valence-electron chi connectivity index (χ3n) is 4.06. The number of nitrogens with one attached hydrogen (secondary N) is 3. The lowest BCUT2D eigenvalue weighted by atomic mass is 10.1. The Kier molecular flexibility index (Phi) is 7.03. The number of carbonyl (C=O) groups excluding carboxylic acids is 2. The van der Waals surface area contributed by atoms with Crippen molar-refractivity contribution in [2.75, 3.05) is 23.7 Å². The van der Waals surface area contributed by atoms with E-state index in [0.717, 1.165) is 17.2 Å². The number of hydrogen-bond acceptors (Lipinski definition) is 3. The fourth-order valence-corrected chi connectivity index (χ4v) is 2.68. The highest BCUT2D eigenvalue weighted by Gasteiger charge is 2.34. The summed E-state index contributed by atoms with van der Waals surface area (Å²) in [6.07, 6.45) is -3.99. The van der Waals surface area contributed by atoms with E-state index < -0.39 is 23.6 Å². The fourth-order valence-electron chi connectivity index (χ4n) is 2.68. The van der Waals surface area contributed by atoms with Gasteiger partial charge in [-0.2, -0.15) is 13.2 Å². The zero-order chi connectivity index (χ0) is 20.7. The van der Waals surface area contributed by atoms with Crippen LogP contribution in [0.5, 0.6) is 0 Å². The summed E-state index contributed by atoms with van der Waals surface area (Å²) in [5, 5.41) is 7.51. The van der Waals surface area contributed by atoms with Gasteiger partial charge in [-0.05, 0) is 42.7 Å². The molecule has 0 saturated heterocycles. The van der Waals surface area contributed by atoms with Gasteiger partial charge in [0.25, 0.3) is 0 Å². The quantitative estimate of drug-likeness (QED) is 0.671. The van der Waals surface area contributed by atoms with Gasteiger partial charge in [0, 0.05) is 24.8 Å². The third-order valence-corrected chi connectivity index (χ3v) is 4.06. The van der Waals surface area contributed by atoms with Crippen LogP contribution in [-0.4, -0.2) is 24.9 Å². The molecule has 8 heteroatoms. The molecule has 2 aromatic rings. The molecule has 0 heterocycles. The van der Waals surface area contributed by atoms with Crippen molar-refractivity contribution in [1.29, 1.82) is 0 Å². The number of carbonyl (C=O) groups is 2. The Bertz CT molecular complexity index is 851. The van der Waals surface area contributed by atoms with Gasteiger partial charge in [-0.1, -0.05) is 24.3 Å². The molecule has 0 fully saturated rings. The highest BCUT2D eigenvalue weighted by molar-refractivity contribution is 5.89. The van der Waals surface area contributed by atoms with Crippen molar-refractivity contribution >= 4 is 23.2 Å². The first kappa shape index (κ1) is 21.3. The Morgan fingerprint density at radius 2 is 1.79 bits per heavy atom. The average Bonchev–Trinajstić information content (AvgIpc) is 2.61. The molecule has 0 unspecified atom stereocenters. The van der Waals surface area contributed by atoms with Crippen LogP contribution in [0.25, 0.3) is 0 Å². The zero-order valence-corrected chi connectivity index (χ0v) is 15.6. The molecule has 3 N–H and O–H groups in total. The van der Waals surface area contributed by atoms with Crippen LogP contribution < -0.4 is 16.0 Å². The maximum atomic E-state index is 13.3. The summed E-state index contributed by atoms with van der Waals surface area (Å²) in [7, 11) is 0. The zero-order valence-electron chi connectivity index (χ0n) is 15.6. The van der Waals surface area contributed by atoms with Crippen LogP contribution >= 0.6 is 0 Å². The Balaban J connectivity index is 1.94. The molecular formula is C20H22F3N3O2. The van der Waals surface area contributed by atoms with E-state index in [1.807, 2.05) is 31.2 Å². The largest absolute Gasteiger partial charge is 0.418 e. The molecule has 0 aliphatic heterocycles. The second-order valence-corrected chi connectivity index (χ2v) is 6.32. The van der Waals surface area contributed by atoms with Crippen LogP contribution in [0.1, 0.15) is 23.6 Å². The molecule has 0 aromatic heterocycles.